The number of rotatable bonds is 10. The average molecular weight is 497 g/mol. The second-order valence-electron chi connectivity index (χ2n) is 11.6. The lowest BCUT2D eigenvalue weighted by Gasteiger charge is -2.42. The van der Waals surface area contributed by atoms with E-state index in [0.717, 1.165) is 37.7 Å². The highest BCUT2D eigenvalue weighted by Gasteiger charge is 2.37. The Balaban J connectivity index is 1.81. The molecule has 2 aromatic carbocycles. The van der Waals surface area contributed by atoms with Crippen LogP contribution in [0.4, 0.5) is 0 Å². The largest absolute Gasteiger partial charge is 0.359 e. The zero-order valence-electron chi connectivity index (χ0n) is 22.9. The maximum atomic E-state index is 13.0. The summed E-state index contributed by atoms with van der Waals surface area (Å²) < 4.78 is 18.7. The highest BCUT2D eigenvalue weighted by molar-refractivity contribution is 7.61. The van der Waals surface area contributed by atoms with E-state index in [1.165, 1.54) is 35.1 Å². The van der Waals surface area contributed by atoms with Gasteiger partial charge in [0.2, 0.25) is 0 Å². The molecular formula is C31H45O3P. The monoisotopic (exact) mass is 496 g/mol. The van der Waals surface area contributed by atoms with Gasteiger partial charge >= 0.3 is 7.60 Å². The van der Waals surface area contributed by atoms with Crippen LogP contribution in [0, 0.1) is 0 Å². The van der Waals surface area contributed by atoms with Gasteiger partial charge < -0.3 is 9.42 Å². The Morgan fingerprint density at radius 1 is 0.971 bits per heavy atom. The molecule has 0 aromatic heterocycles. The minimum Gasteiger partial charge on any atom is -0.321 e. The third-order valence-corrected chi connectivity index (χ3v) is 9.23. The number of fused-ring (bicyclic) bond motifs is 1. The van der Waals surface area contributed by atoms with E-state index in [2.05, 4.69) is 72.7 Å². The molecule has 0 bridgehead atoms. The molecule has 0 saturated carbocycles. The molecule has 0 amide bonds. The molecule has 0 heterocycles. The molecule has 0 fully saturated rings. The van der Waals surface area contributed by atoms with Crippen LogP contribution in [0.2, 0.25) is 0 Å². The lowest BCUT2D eigenvalue weighted by atomic mass is 9.63. The molecule has 1 aliphatic rings. The molecule has 3 rings (SSSR count). The molecular weight excluding hydrogens is 451 g/mol. The summed E-state index contributed by atoms with van der Waals surface area (Å²) in [6.07, 6.45) is 9.01. The smallest absolute Gasteiger partial charge is 0.321 e. The third kappa shape index (κ3) is 6.76. The van der Waals surface area contributed by atoms with Crippen LogP contribution < -0.4 is 5.30 Å². The molecule has 192 valence electrons. The fourth-order valence-corrected chi connectivity index (χ4v) is 6.46. The summed E-state index contributed by atoms with van der Waals surface area (Å²) >= 11 is 0. The quantitative estimate of drug-likeness (QED) is 0.264. The van der Waals surface area contributed by atoms with Gasteiger partial charge in [-0.05, 0) is 83.4 Å². The molecule has 1 aliphatic carbocycles. The Labute approximate surface area is 213 Å². The van der Waals surface area contributed by atoms with Gasteiger partial charge in [0.15, 0.2) is 0 Å². The Morgan fingerprint density at radius 3 is 2.20 bits per heavy atom. The molecule has 35 heavy (non-hydrogen) atoms. The summed E-state index contributed by atoms with van der Waals surface area (Å²) in [4.78, 5) is 10.7. The van der Waals surface area contributed by atoms with Crippen LogP contribution in [-0.4, -0.2) is 11.0 Å². The molecule has 1 N–H and O–H groups in total. The van der Waals surface area contributed by atoms with Gasteiger partial charge in [0.1, 0.15) is 0 Å². The Bertz CT molecular complexity index is 1080. The predicted octanol–water partition coefficient (Wildman–Crippen LogP) is 8.78. The van der Waals surface area contributed by atoms with Crippen LogP contribution in [0.5, 0.6) is 0 Å². The third-order valence-electron chi connectivity index (χ3n) is 7.69. The molecule has 3 nitrogen and oxygen atoms in total. The van der Waals surface area contributed by atoms with Crippen molar-refractivity contribution < 1.29 is 14.0 Å². The van der Waals surface area contributed by atoms with E-state index >= 15 is 0 Å². The van der Waals surface area contributed by atoms with Gasteiger partial charge in [0.25, 0.3) is 0 Å². The fourth-order valence-electron chi connectivity index (χ4n) is 5.19. The van der Waals surface area contributed by atoms with Crippen LogP contribution in [0.3, 0.4) is 0 Å². The van der Waals surface area contributed by atoms with Crippen molar-refractivity contribution in [3.8, 4) is 0 Å². The zero-order chi connectivity index (χ0) is 25.9. The molecule has 2 atom stereocenters. The van der Waals surface area contributed by atoms with Crippen molar-refractivity contribution in [2.45, 2.75) is 110 Å². The van der Waals surface area contributed by atoms with Crippen molar-refractivity contribution in [2.24, 2.45) is 0 Å². The first kappa shape index (κ1) is 27.9. The Kier molecular flexibility index (Phi) is 8.90. The van der Waals surface area contributed by atoms with Crippen LogP contribution in [0.15, 0.2) is 42.5 Å². The van der Waals surface area contributed by atoms with E-state index < -0.39 is 7.60 Å². The van der Waals surface area contributed by atoms with Crippen molar-refractivity contribution >= 4 is 24.5 Å². The van der Waals surface area contributed by atoms with E-state index in [0.29, 0.717) is 5.30 Å². The van der Waals surface area contributed by atoms with Gasteiger partial charge in [0, 0.05) is 0 Å². The van der Waals surface area contributed by atoms with Gasteiger partial charge in [0.05, 0.1) is 11.4 Å². The summed E-state index contributed by atoms with van der Waals surface area (Å²) in [6, 6.07) is 14.2. The number of hydrogen-bond donors (Lipinski definition) is 1. The number of unbranched alkanes of at least 4 members (excludes halogenated alkanes) is 1. The van der Waals surface area contributed by atoms with Gasteiger partial charge in [-0.1, -0.05) is 97.2 Å². The second-order valence-corrected chi connectivity index (χ2v) is 13.4. The minimum absolute atomic E-state index is 0.171. The minimum atomic E-state index is -3.84. The van der Waals surface area contributed by atoms with Crippen LogP contribution in [0.25, 0.3) is 11.6 Å². The van der Waals surface area contributed by atoms with E-state index in [1.54, 1.807) is 12.1 Å². The van der Waals surface area contributed by atoms with Gasteiger partial charge in [-0.15, -0.1) is 0 Å². The molecule has 0 saturated heterocycles. The second kappa shape index (κ2) is 11.2. The predicted molar refractivity (Wildman–Crippen MR) is 150 cm³/mol. The summed E-state index contributed by atoms with van der Waals surface area (Å²) in [5.74, 6) is 0. The average Bonchev–Trinajstić information content (AvgIpc) is 2.80. The van der Waals surface area contributed by atoms with Gasteiger partial charge in [-0.2, -0.15) is 0 Å². The van der Waals surface area contributed by atoms with E-state index in [9.17, 15) is 9.46 Å². The maximum Gasteiger partial charge on any atom is 0.359 e. The van der Waals surface area contributed by atoms with Crippen LogP contribution in [-0.2, 0) is 19.9 Å². The summed E-state index contributed by atoms with van der Waals surface area (Å²) in [6.45, 7) is 15.8. The highest BCUT2D eigenvalue weighted by atomic mass is 31.2. The first-order valence-electron chi connectivity index (χ1n) is 13.3. The van der Waals surface area contributed by atoms with Crippen LogP contribution >= 0.6 is 7.60 Å². The number of hydrogen-bond acceptors (Lipinski definition) is 2. The van der Waals surface area contributed by atoms with Crippen LogP contribution in [0.1, 0.15) is 116 Å². The number of benzene rings is 2. The molecule has 0 aliphatic heterocycles. The van der Waals surface area contributed by atoms with Crippen molar-refractivity contribution in [2.75, 3.05) is 0 Å². The Hall–Kier alpha value is -1.67. The molecule has 2 unspecified atom stereocenters. The van der Waals surface area contributed by atoms with Crippen molar-refractivity contribution in [1.29, 1.82) is 0 Å². The zero-order valence-corrected chi connectivity index (χ0v) is 23.8. The summed E-state index contributed by atoms with van der Waals surface area (Å²) in [7, 11) is -3.84. The van der Waals surface area contributed by atoms with E-state index in [-0.39, 0.29) is 16.9 Å². The normalized spacial score (nSPS) is 19.6. The molecule has 4 heteroatoms. The lowest BCUT2D eigenvalue weighted by Crippen LogP contribution is -2.33. The first-order valence-corrected chi connectivity index (χ1v) is 14.9. The van der Waals surface area contributed by atoms with Gasteiger partial charge in [-0.3, -0.25) is 4.57 Å². The molecule has 0 radical (unpaired) electrons. The van der Waals surface area contributed by atoms with E-state index in [1.807, 2.05) is 12.1 Å². The van der Waals surface area contributed by atoms with Crippen molar-refractivity contribution in [1.82, 2.24) is 0 Å². The standard InChI is InChI=1S/C31H45O3P/c1-8-10-12-26(11-9-2)34-35(32,33)27-16-13-24(14-17-27)21-23(3)25-15-18-28-29(22-25)31(6,7)20-19-30(28,4)5/h13-18,21-22,26H,8-12,19-20H2,1-7H3,(H,32,33). The van der Waals surface area contributed by atoms with E-state index in [4.69, 9.17) is 4.52 Å². The maximum absolute atomic E-state index is 13.0. The lowest BCUT2D eigenvalue weighted by molar-refractivity contribution is 0.158. The fraction of sp³-hybridized carbons (Fsp3) is 0.548. The highest BCUT2D eigenvalue weighted by Crippen LogP contribution is 2.46. The Morgan fingerprint density at radius 2 is 1.60 bits per heavy atom. The SMILES string of the molecule is CCCCC(CCC)OP(=O)(O)c1ccc(C=C(C)c2ccc3c(c2)C(C)(C)CCC3(C)C)cc1. The topological polar surface area (TPSA) is 46.5 Å². The molecule has 2 aromatic rings. The van der Waals surface area contributed by atoms with Crippen molar-refractivity contribution in [3.05, 3.63) is 64.7 Å². The molecule has 0 spiro atoms. The first-order chi connectivity index (χ1) is 16.4. The van der Waals surface area contributed by atoms with Gasteiger partial charge in [-0.25, -0.2) is 0 Å². The summed E-state index contributed by atoms with van der Waals surface area (Å²) in [5, 5.41) is 0.364. The van der Waals surface area contributed by atoms with Crippen molar-refractivity contribution in [3.63, 3.8) is 0 Å². The summed E-state index contributed by atoms with van der Waals surface area (Å²) in [5.41, 5.74) is 6.74. The number of allylic oxidation sites excluding steroid dienone is 1.